The molecule has 5 heteroatoms. The maximum atomic E-state index is 14.0. The average molecular weight is 315 g/mol. The summed E-state index contributed by atoms with van der Waals surface area (Å²) >= 11 is 11.7. The van der Waals surface area contributed by atoms with Crippen molar-refractivity contribution in [2.45, 2.75) is 12.5 Å². The molecule has 0 aliphatic carbocycles. The van der Waals surface area contributed by atoms with Crippen LogP contribution in [-0.2, 0) is 6.42 Å². The third-order valence-electron chi connectivity index (χ3n) is 3.00. The predicted molar refractivity (Wildman–Crippen MR) is 78.1 cm³/mol. The van der Waals surface area contributed by atoms with E-state index in [9.17, 15) is 9.50 Å². The Balaban J connectivity index is 2.23. The zero-order chi connectivity index (χ0) is 14.7. The minimum absolute atomic E-state index is 0.126. The van der Waals surface area contributed by atoms with E-state index >= 15 is 0 Å². The SMILES string of the molecule is COc1cccc(CC(O)c2ccc(Cl)c(Cl)c2)c1F. The lowest BCUT2D eigenvalue weighted by Gasteiger charge is -2.13. The van der Waals surface area contributed by atoms with Crippen LogP contribution in [0.3, 0.4) is 0 Å². The summed E-state index contributed by atoms with van der Waals surface area (Å²) in [6, 6.07) is 9.66. The second-order valence-corrected chi connectivity index (χ2v) is 5.14. The van der Waals surface area contributed by atoms with Crippen LogP contribution in [0, 0.1) is 5.82 Å². The molecule has 0 aliphatic heterocycles. The van der Waals surface area contributed by atoms with Crippen LogP contribution >= 0.6 is 23.2 Å². The van der Waals surface area contributed by atoms with Gasteiger partial charge in [-0.1, -0.05) is 41.4 Å². The molecule has 2 nitrogen and oxygen atoms in total. The molecule has 2 aromatic carbocycles. The number of ether oxygens (including phenoxy) is 1. The van der Waals surface area contributed by atoms with Crippen LogP contribution in [0.15, 0.2) is 36.4 Å². The van der Waals surface area contributed by atoms with E-state index in [4.69, 9.17) is 27.9 Å². The average Bonchev–Trinajstić information content (AvgIpc) is 2.44. The summed E-state index contributed by atoms with van der Waals surface area (Å²) in [7, 11) is 1.40. The first-order chi connectivity index (χ1) is 9.52. The van der Waals surface area contributed by atoms with Gasteiger partial charge in [-0.15, -0.1) is 0 Å². The molecule has 0 spiro atoms. The van der Waals surface area contributed by atoms with Gasteiger partial charge in [-0.2, -0.15) is 0 Å². The molecule has 1 atom stereocenters. The maximum Gasteiger partial charge on any atom is 0.168 e. The van der Waals surface area contributed by atoms with Gasteiger partial charge in [-0.25, -0.2) is 4.39 Å². The third kappa shape index (κ3) is 3.23. The third-order valence-corrected chi connectivity index (χ3v) is 3.74. The Kier molecular flexibility index (Phi) is 4.86. The fraction of sp³-hybridized carbons (Fsp3) is 0.200. The molecule has 0 bridgehead atoms. The second kappa shape index (κ2) is 6.44. The fourth-order valence-electron chi connectivity index (χ4n) is 1.92. The summed E-state index contributed by atoms with van der Waals surface area (Å²) in [5.41, 5.74) is 0.963. The van der Waals surface area contributed by atoms with Gasteiger partial charge in [0, 0.05) is 6.42 Å². The van der Waals surface area contributed by atoms with Crippen molar-refractivity contribution < 1.29 is 14.2 Å². The maximum absolute atomic E-state index is 14.0. The monoisotopic (exact) mass is 314 g/mol. The summed E-state index contributed by atoms with van der Waals surface area (Å²) in [4.78, 5) is 0. The van der Waals surface area contributed by atoms with E-state index in [2.05, 4.69) is 0 Å². The smallest absolute Gasteiger partial charge is 0.168 e. The molecule has 0 radical (unpaired) electrons. The van der Waals surface area contributed by atoms with Crippen LogP contribution in [0.2, 0.25) is 10.0 Å². The highest BCUT2D eigenvalue weighted by atomic mass is 35.5. The van der Waals surface area contributed by atoms with Gasteiger partial charge in [-0.05, 0) is 29.3 Å². The molecule has 2 rings (SSSR count). The zero-order valence-corrected chi connectivity index (χ0v) is 12.2. The summed E-state index contributed by atoms with van der Waals surface area (Å²) in [6.45, 7) is 0. The summed E-state index contributed by atoms with van der Waals surface area (Å²) in [5, 5.41) is 10.9. The Labute approximate surface area is 126 Å². The van der Waals surface area contributed by atoms with Crippen molar-refractivity contribution in [3.63, 3.8) is 0 Å². The highest BCUT2D eigenvalue weighted by Crippen LogP contribution is 2.29. The molecule has 0 aromatic heterocycles. The predicted octanol–water partition coefficient (Wildman–Crippen LogP) is 4.42. The molecule has 0 heterocycles. The van der Waals surface area contributed by atoms with Gasteiger partial charge in [0.05, 0.1) is 23.3 Å². The molecule has 1 unspecified atom stereocenters. The molecule has 0 saturated carbocycles. The first-order valence-electron chi connectivity index (χ1n) is 5.97. The van der Waals surface area contributed by atoms with E-state index in [0.717, 1.165) is 0 Å². The van der Waals surface area contributed by atoms with Gasteiger partial charge in [-0.3, -0.25) is 0 Å². The van der Waals surface area contributed by atoms with E-state index in [0.29, 0.717) is 21.2 Å². The van der Waals surface area contributed by atoms with Gasteiger partial charge in [0.1, 0.15) is 0 Å². The molecule has 106 valence electrons. The minimum atomic E-state index is -0.869. The molecule has 1 N–H and O–H groups in total. The quantitative estimate of drug-likeness (QED) is 0.905. The standard InChI is InChI=1S/C15H13Cl2FO2/c1-20-14-4-2-3-10(15(14)18)8-13(19)9-5-6-11(16)12(17)7-9/h2-7,13,19H,8H2,1H3. The molecular weight excluding hydrogens is 302 g/mol. The van der Waals surface area contributed by atoms with Crippen molar-refractivity contribution in [2.24, 2.45) is 0 Å². The summed E-state index contributed by atoms with van der Waals surface area (Å²) < 4.78 is 18.9. The minimum Gasteiger partial charge on any atom is -0.494 e. The molecule has 0 aliphatic rings. The number of rotatable bonds is 4. The van der Waals surface area contributed by atoms with Crippen LogP contribution < -0.4 is 4.74 Å². The Bertz CT molecular complexity index is 617. The lowest BCUT2D eigenvalue weighted by atomic mass is 10.0. The van der Waals surface area contributed by atoms with Gasteiger partial charge in [0.25, 0.3) is 0 Å². The highest BCUT2D eigenvalue weighted by molar-refractivity contribution is 6.42. The molecule has 0 amide bonds. The number of methoxy groups -OCH3 is 1. The highest BCUT2D eigenvalue weighted by Gasteiger charge is 2.15. The van der Waals surface area contributed by atoms with E-state index in [-0.39, 0.29) is 12.2 Å². The first-order valence-corrected chi connectivity index (χ1v) is 6.73. The van der Waals surface area contributed by atoms with E-state index in [1.54, 1.807) is 30.3 Å². The number of aliphatic hydroxyl groups excluding tert-OH is 1. The molecule has 0 fully saturated rings. The van der Waals surface area contributed by atoms with E-state index < -0.39 is 11.9 Å². The first kappa shape index (κ1) is 15.1. The van der Waals surface area contributed by atoms with Gasteiger partial charge in [0.15, 0.2) is 11.6 Å². The Morgan fingerprint density at radius 3 is 2.60 bits per heavy atom. The van der Waals surface area contributed by atoms with Crippen molar-refractivity contribution >= 4 is 23.2 Å². The number of hydrogen-bond donors (Lipinski definition) is 1. The Hall–Kier alpha value is -1.29. The molecule has 0 saturated heterocycles. The molecule has 2 aromatic rings. The van der Waals surface area contributed by atoms with Crippen molar-refractivity contribution in [2.75, 3.05) is 7.11 Å². The van der Waals surface area contributed by atoms with Crippen LogP contribution in [0.4, 0.5) is 4.39 Å². The van der Waals surface area contributed by atoms with Gasteiger partial charge >= 0.3 is 0 Å². The number of aliphatic hydroxyl groups is 1. The summed E-state index contributed by atoms with van der Waals surface area (Å²) in [6.07, 6.45) is -0.743. The lowest BCUT2D eigenvalue weighted by Crippen LogP contribution is -2.04. The van der Waals surface area contributed by atoms with Crippen LogP contribution in [0.25, 0.3) is 0 Å². The Morgan fingerprint density at radius 2 is 1.95 bits per heavy atom. The van der Waals surface area contributed by atoms with Crippen molar-refractivity contribution in [3.05, 3.63) is 63.4 Å². The van der Waals surface area contributed by atoms with E-state index in [1.807, 2.05) is 0 Å². The molecule has 20 heavy (non-hydrogen) atoms. The fourth-order valence-corrected chi connectivity index (χ4v) is 2.22. The van der Waals surface area contributed by atoms with Crippen LogP contribution in [0.1, 0.15) is 17.2 Å². The number of hydrogen-bond acceptors (Lipinski definition) is 2. The van der Waals surface area contributed by atoms with Crippen LogP contribution in [-0.4, -0.2) is 12.2 Å². The topological polar surface area (TPSA) is 29.5 Å². The lowest BCUT2D eigenvalue weighted by molar-refractivity contribution is 0.177. The molecular formula is C15H13Cl2FO2. The summed E-state index contributed by atoms with van der Waals surface area (Å²) in [5.74, 6) is -0.307. The zero-order valence-electron chi connectivity index (χ0n) is 10.7. The normalized spacial score (nSPS) is 12.2. The van der Waals surface area contributed by atoms with Crippen molar-refractivity contribution in [3.8, 4) is 5.75 Å². The second-order valence-electron chi connectivity index (χ2n) is 4.33. The van der Waals surface area contributed by atoms with Gasteiger partial charge in [0.2, 0.25) is 0 Å². The van der Waals surface area contributed by atoms with Crippen molar-refractivity contribution in [1.82, 2.24) is 0 Å². The van der Waals surface area contributed by atoms with Gasteiger partial charge < -0.3 is 9.84 Å². The van der Waals surface area contributed by atoms with Crippen LogP contribution in [0.5, 0.6) is 5.75 Å². The van der Waals surface area contributed by atoms with Crippen molar-refractivity contribution in [1.29, 1.82) is 0 Å². The Morgan fingerprint density at radius 1 is 1.20 bits per heavy atom. The van der Waals surface area contributed by atoms with E-state index in [1.165, 1.54) is 13.2 Å². The number of halogens is 3. The largest absolute Gasteiger partial charge is 0.494 e. The number of benzene rings is 2.